The summed E-state index contributed by atoms with van der Waals surface area (Å²) in [6, 6.07) is 14.2. The number of urea groups is 1. The van der Waals surface area contributed by atoms with Crippen molar-refractivity contribution in [1.82, 2.24) is 5.32 Å². The summed E-state index contributed by atoms with van der Waals surface area (Å²) < 4.78 is 5.13. The minimum Gasteiger partial charge on any atom is -0.497 e. The Hall–Kier alpha value is -2.91. The third-order valence-corrected chi connectivity index (χ3v) is 3.46. The first-order valence-electron chi connectivity index (χ1n) is 6.75. The molecule has 0 aromatic heterocycles. The second-order valence-electron chi connectivity index (χ2n) is 4.43. The van der Waals surface area contributed by atoms with Crippen molar-refractivity contribution >= 4 is 29.6 Å². The lowest BCUT2D eigenvalue weighted by Gasteiger charge is -2.05. The van der Waals surface area contributed by atoms with Gasteiger partial charge in [0.25, 0.3) is 0 Å². The van der Waals surface area contributed by atoms with Crippen molar-refractivity contribution in [2.45, 2.75) is 4.90 Å². The average molecular weight is 325 g/mol. The number of rotatable bonds is 5. The van der Waals surface area contributed by atoms with Gasteiger partial charge in [-0.05, 0) is 59.8 Å². The number of nitrogens with zero attached hydrogens (tertiary/aromatic N) is 1. The summed E-state index contributed by atoms with van der Waals surface area (Å²) in [7, 11) is 1.61. The van der Waals surface area contributed by atoms with Gasteiger partial charge in [0.15, 0.2) is 0 Å². The molecule has 0 radical (unpaired) electrons. The number of anilines is 1. The first kappa shape index (κ1) is 16.5. The number of nitriles is 1. The predicted octanol–water partition coefficient (Wildman–Crippen LogP) is 4.06. The molecule has 5 nitrogen and oxygen atoms in total. The maximum atomic E-state index is 11.8. The smallest absolute Gasteiger partial charge is 0.323 e. The maximum absolute atomic E-state index is 11.8. The molecule has 0 spiro atoms. The summed E-state index contributed by atoms with van der Waals surface area (Å²) in [6.45, 7) is 0. The normalized spacial score (nSPS) is 10.1. The van der Waals surface area contributed by atoms with E-state index >= 15 is 0 Å². The highest BCUT2D eigenvalue weighted by Gasteiger charge is 2.00. The van der Waals surface area contributed by atoms with E-state index in [-0.39, 0.29) is 6.03 Å². The third-order valence-electron chi connectivity index (χ3n) is 2.86. The molecule has 0 saturated heterocycles. The zero-order chi connectivity index (χ0) is 16.5. The number of amides is 2. The predicted molar refractivity (Wildman–Crippen MR) is 92.1 cm³/mol. The van der Waals surface area contributed by atoms with Gasteiger partial charge in [0.2, 0.25) is 0 Å². The van der Waals surface area contributed by atoms with Gasteiger partial charge in [-0.25, -0.2) is 4.79 Å². The van der Waals surface area contributed by atoms with Gasteiger partial charge in [-0.1, -0.05) is 12.1 Å². The van der Waals surface area contributed by atoms with Crippen molar-refractivity contribution in [2.75, 3.05) is 12.4 Å². The highest BCUT2D eigenvalue weighted by atomic mass is 32.2. The highest BCUT2D eigenvalue weighted by Crippen LogP contribution is 2.18. The molecule has 2 aromatic rings. The number of ether oxygens (including phenoxy) is 1. The Balaban J connectivity index is 1.87. The summed E-state index contributed by atoms with van der Waals surface area (Å²) >= 11 is 1.07. The molecule has 0 atom stereocenters. The van der Waals surface area contributed by atoms with Gasteiger partial charge in [-0.3, -0.25) is 0 Å². The van der Waals surface area contributed by atoms with Crippen LogP contribution in [0.2, 0.25) is 0 Å². The summed E-state index contributed by atoms with van der Waals surface area (Å²) in [5, 5.41) is 15.9. The van der Waals surface area contributed by atoms with Crippen LogP contribution in [0.1, 0.15) is 5.56 Å². The average Bonchev–Trinajstić information content (AvgIpc) is 2.57. The van der Waals surface area contributed by atoms with Gasteiger partial charge in [0.05, 0.1) is 7.11 Å². The molecule has 0 aliphatic rings. The number of benzene rings is 2. The molecule has 2 amide bonds. The van der Waals surface area contributed by atoms with E-state index in [4.69, 9.17) is 10.00 Å². The van der Waals surface area contributed by atoms with E-state index in [0.29, 0.717) is 5.69 Å². The molecule has 0 aliphatic carbocycles. The van der Waals surface area contributed by atoms with Crippen molar-refractivity contribution in [1.29, 1.82) is 5.26 Å². The zero-order valence-corrected chi connectivity index (χ0v) is 13.3. The quantitative estimate of drug-likeness (QED) is 0.642. The van der Waals surface area contributed by atoms with Crippen LogP contribution in [0, 0.1) is 10.7 Å². The number of thiocyanates is 1. The molecular weight excluding hydrogens is 310 g/mol. The van der Waals surface area contributed by atoms with E-state index in [1.807, 2.05) is 29.7 Å². The number of thioether (sulfide) groups is 1. The SMILES string of the molecule is COc1cccc(/C=C/NC(=O)Nc2ccc(SC#N)cc2)c1. The van der Waals surface area contributed by atoms with Crippen molar-refractivity contribution in [3.63, 3.8) is 0 Å². The Labute approximate surface area is 139 Å². The second kappa shape index (κ2) is 8.51. The van der Waals surface area contributed by atoms with Crippen LogP contribution in [-0.2, 0) is 0 Å². The molecule has 116 valence electrons. The lowest BCUT2D eigenvalue weighted by atomic mass is 10.2. The first-order chi connectivity index (χ1) is 11.2. The van der Waals surface area contributed by atoms with Crippen LogP contribution >= 0.6 is 11.8 Å². The Bertz CT molecular complexity index is 736. The van der Waals surface area contributed by atoms with Gasteiger partial charge in [-0.15, -0.1) is 0 Å². The number of methoxy groups -OCH3 is 1. The molecule has 6 heteroatoms. The molecule has 0 unspecified atom stereocenters. The zero-order valence-electron chi connectivity index (χ0n) is 12.4. The fourth-order valence-electron chi connectivity index (χ4n) is 1.78. The van der Waals surface area contributed by atoms with Crippen LogP contribution in [-0.4, -0.2) is 13.1 Å². The van der Waals surface area contributed by atoms with Crippen molar-refractivity contribution in [3.05, 3.63) is 60.3 Å². The van der Waals surface area contributed by atoms with Crippen LogP contribution in [0.25, 0.3) is 6.08 Å². The highest BCUT2D eigenvalue weighted by molar-refractivity contribution is 8.03. The number of carbonyl (C=O) groups excluding carboxylic acids is 1. The van der Waals surface area contributed by atoms with Crippen LogP contribution in [0.3, 0.4) is 0 Å². The van der Waals surface area contributed by atoms with E-state index in [1.165, 1.54) is 0 Å². The van der Waals surface area contributed by atoms with E-state index in [1.54, 1.807) is 43.7 Å². The molecule has 0 bridgehead atoms. The molecule has 2 N–H and O–H groups in total. The van der Waals surface area contributed by atoms with Crippen molar-refractivity contribution in [2.24, 2.45) is 0 Å². The summed E-state index contributed by atoms with van der Waals surface area (Å²) in [4.78, 5) is 12.6. The molecule has 0 aliphatic heterocycles. The Kier molecular flexibility index (Phi) is 6.09. The Morgan fingerprint density at radius 1 is 1.26 bits per heavy atom. The molecule has 0 fully saturated rings. The fourth-order valence-corrected chi connectivity index (χ4v) is 2.16. The molecule has 0 saturated carbocycles. The maximum Gasteiger partial charge on any atom is 0.323 e. The molecule has 0 heterocycles. The number of hydrogen-bond donors (Lipinski definition) is 2. The molecule has 2 rings (SSSR count). The standard InChI is InChI=1S/C17H15N3O2S/c1-22-15-4-2-3-13(11-15)9-10-19-17(21)20-14-5-7-16(8-6-14)23-12-18/h2-11H,1H3,(H2,19,20,21)/b10-9+. The van der Waals surface area contributed by atoms with E-state index in [2.05, 4.69) is 10.6 Å². The largest absolute Gasteiger partial charge is 0.497 e. The van der Waals surface area contributed by atoms with Gasteiger partial charge in [0.1, 0.15) is 11.2 Å². The lowest BCUT2D eigenvalue weighted by molar-refractivity contribution is 0.255. The van der Waals surface area contributed by atoms with E-state index in [9.17, 15) is 4.79 Å². The summed E-state index contributed by atoms with van der Waals surface area (Å²) in [5.41, 5.74) is 1.57. The summed E-state index contributed by atoms with van der Waals surface area (Å²) in [6.07, 6.45) is 3.33. The topological polar surface area (TPSA) is 74.2 Å². The van der Waals surface area contributed by atoms with Gasteiger partial charge in [-0.2, -0.15) is 5.26 Å². The number of carbonyl (C=O) groups is 1. The molecule has 23 heavy (non-hydrogen) atoms. The lowest BCUT2D eigenvalue weighted by Crippen LogP contribution is -2.23. The van der Waals surface area contributed by atoms with Crippen LogP contribution in [0.4, 0.5) is 10.5 Å². The Morgan fingerprint density at radius 2 is 2.04 bits per heavy atom. The minimum absolute atomic E-state index is 0.343. The molecular formula is C17H15N3O2S. The minimum atomic E-state index is -0.343. The number of nitrogens with one attached hydrogen (secondary N) is 2. The monoisotopic (exact) mass is 325 g/mol. The van der Waals surface area contributed by atoms with Gasteiger partial charge < -0.3 is 15.4 Å². The second-order valence-corrected chi connectivity index (χ2v) is 5.28. The van der Waals surface area contributed by atoms with E-state index in [0.717, 1.165) is 28.0 Å². The van der Waals surface area contributed by atoms with Crippen molar-refractivity contribution < 1.29 is 9.53 Å². The summed E-state index contributed by atoms with van der Waals surface area (Å²) in [5.74, 6) is 0.756. The van der Waals surface area contributed by atoms with Crippen LogP contribution in [0.5, 0.6) is 5.75 Å². The number of hydrogen-bond acceptors (Lipinski definition) is 4. The van der Waals surface area contributed by atoms with Crippen molar-refractivity contribution in [3.8, 4) is 11.2 Å². The Morgan fingerprint density at radius 3 is 2.74 bits per heavy atom. The van der Waals surface area contributed by atoms with E-state index < -0.39 is 0 Å². The van der Waals surface area contributed by atoms with Gasteiger partial charge in [0, 0.05) is 16.8 Å². The van der Waals surface area contributed by atoms with Crippen LogP contribution < -0.4 is 15.4 Å². The first-order valence-corrected chi connectivity index (χ1v) is 7.57. The third kappa shape index (κ3) is 5.41. The van der Waals surface area contributed by atoms with Gasteiger partial charge >= 0.3 is 6.03 Å². The van der Waals surface area contributed by atoms with Crippen LogP contribution in [0.15, 0.2) is 59.6 Å². The molecule has 2 aromatic carbocycles. The fraction of sp³-hybridized carbons (Fsp3) is 0.0588.